The van der Waals surface area contributed by atoms with Crippen molar-refractivity contribution in [3.05, 3.63) is 28.7 Å². The Morgan fingerprint density at radius 3 is 2.93 bits per heavy atom. The van der Waals surface area contributed by atoms with Crippen LogP contribution < -0.4 is 11.2 Å². The average Bonchev–Trinajstić information content (AvgIpc) is 3.37. The number of nitrogen functional groups attached to an aromatic ring is 1. The van der Waals surface area contributed by atoms with Crippen LogP contribution in [-0.4, -0.2) is 66.0 Å². The summed E-state index contributed by atoms with van der Waals surface area (Å²) < 4.78 is 6.96. The molecule has 0 spiro atoms. The third-order valence-electron chi connectivity index (χ3n) is 4.16. The summed E-state index contributed by atoms with van der Waals surface area (Å²) >= 11 is 1.55. The molecule has 3 aromatic heterocycles. The number of anilines is 2. The fraction of sp³-hybridized carbons (Fsp3) is 0.333. The van der Waals surface area contributed by atoms with Crippen LogP contribution in [0.25, 0.3) is 11.2 Å². The number of aliphatic hydroxyl groups excluding tert-OH is 3. The SMILES string of the molecule is Nc1nc(NN=Cc2ccsc2)nc2c1ncn2[C@@H]1O[C@H](CO)[C@@H](O)[C@H]1O. The van der Waals surface area contributed by atoms with Crippen LogP contribution in [0.4, 0.5) is 11.8 Å². The van der Waals surface area contributed by atoms with Gasteiger partial charge in [-0.1, -0.05) is 0 Å². The van der Waals surface area contributed by atoms with Crippen molar-refractivity contribution in [1.29, 1.82) is 0 Å². The maximum Gasteiger partial charge on any atom is 0.247 e. The van der Waals surface area contributed by atoms with Crippen LogP contribution >= 0.6 is 11.3 Å². The Bertz CT molecular complexity index is 961. The number of hydrogen-bond donors (Lipinski definition) is 5. The lowest BCUT2D eigenvalue weighted by Gasteiger charge is -2.16. The first-order valence-electron chi connectivity index (χ1n) is 8.02. The topological polar surface area (TPSA) is 164 Å². The van der Waals surface area contributed by atoms with Gasteiger partial charge in [0.15, 0.2) is 17.7 Å². The number of rotatable bonds is 5. The molecule has 0 radical (unpaired) electrons. The van der Waals surface area contributed by atoms with Crippen LogP contribution in [0.15, 0.2) is 28.3 Å². The predicted octanol–water partition coefficient (Wildman–Crippen LogP) is -0.473. The summed E-state index contributed by atoms with van der Waals surface area (Å²) in [6, 6.07) is 1.91. The molecule has 0 unspecified atom stereocenters. The van der Waals surface area contributed by atoms with Crippen LogP contribution in [-0.2, 0) is 4.74 Å². The summed E-state index contributed by atoms with van der Waals surface area (Å²) in [4.78, 5) is 12.6. The van der Waals surface area contributed by atoms with Gasteiger partial charge in [0.2, 0.25) is 5.95 Å². The van der Waals surface area contributed by atoms with Gasteiger partial charge in [-0.3, -0.25) is 4.57 Å². The summed E-state index contributed by atoms with van der Waals surface area (Å²) in [7, 11) is 0. The first-order valence-corrected chi connectivity index (χ1v) is 8.96. The fourth-order valence-electron chi connectivity index (χ4n) is 2.80. The molecule has 1 saturated heterocycles. The Morgan fingerprint density at radius 2 is 2.22 bits per heavy atom. The minimum absolute atomic E-state index is 0.124. The lowest BCUT2D eigenvalue weighted by molar-refractivity contribution is -0.0511. The fourth-order valence-corrected chi connectivity index (χ4v) is 3.41. The highest BCUT2D eigenvalue weighted by Crippen LogP contribution is 2.32. The highest BCUT2D eigenvalue weighted by atomic mass is 32.1. The largest absolute Gasteiger partial charge is 0.394 e. The van der Waals surface area contributed by atoms with E-state index in [9.17, 15) is 15.3 Å². The van der Waals surface area contributed by atoms with Crippen LogP contribution in [0.1, 0.15) is 11.8 Å². The van der Waals surface area contributed by atoms with Crippen molar-refractivity contribution in [3.8, 4) is 0 Å². The van der Waals surface area contributed by atoms with Gasteiger partial charge in [-0.25, -0.2) is 10.4 Å². The molecule has 0 saturated carbocycles. The van der Waals surface area contributed by atoms with E-state index in [-0.39, 0.29) is 11.8 Å². The average molecular weight is 391 g/mol. The van der Waals surface area contributed by atoms with Crippen LogP contribution in [0.5, 0.6) is 0 Å². The van der Waals surface area contributed by atoms with Gasteiger partial charge in [0.1, 0.15) is 23.8 Å². The molecular weight excluding hydrogens is 374 g/mol. The van der Waals surface area contributed by atoms with E-state index in [0.29, 0.717) is 11.2 Å². The zero-order valence-corrected chi connectivity index (χ0v) is 14.7. The molecule has 1 fully saturated rings. The number of fused-ring (bicyclic) bond motifs is 1. The number of hydrogen-bond acceptors (Lipinski definition) is 11. The lowest BCUT2D eigenvalue weighted by Crippen LogP contribution is -2.33. The number of aliphatic hydroxyl groups is 3. The molecule has 4 atom stereocenters. The third kappa shape index (κ3) is 3.24. The van der Waals surface area contributed by atoms with Gasteiger partial charge in [0.05, 0.1) is 19.1 Å². The number of thiophene rings is 1. The number of ether oxygens (including phenoxy) is 1. The lowest BCUT2D eigenvalue weighted by atomic mass is 10.1. The first-order chi connectivity index (χ1) is 13.1. The number of aromatic nitrogens is 4. The summed E-state index contributed by atoms with van der Waals surface area (Å²) in [5.74, 6) is 0.263. The van der Waals surface area contributed by atoms with Crippen molar-refractivity contribution in [2.24, 2.45) is 5.10 Å². The van der Waals surface area contributed by atoms with Crippen LogP contribution in [0.3, 0.4) is 0 Å². The van der Waals surface area contributed by atoms with Gasteiger partial charge in [-0.05, 0) is 16.8 Å². The predicted molar refractivity (Wildman–Crippen MR) is 98.3 cm³/mol. The molecule has 0 amide bonds. The van der Waals surface area contributed by atoms with E-state index >= 15 is 0 Å². The molecule has 142 valence electrons. The van der Waals surface area contributed by atoms with Crippen molar-refractivity contribution >= 4 is 40.5 Å². The Morgan fingerprint density at radius 1 is 1.37 bits per heavy atom. The molecule has 4 rings (SSSR count). The van der Waals surface area contributed by atoms with E-state index in [4.69, 9.17) is 10.5 Å². The highest BCUT2D eigenvalue weighted by Gasteiger charge is 2.44. The molecule has 6 N–H and O–H groups in total. The summed E-state index contributed by atoms with van der Waals surface area (Å²) in [5, 5.41) is 37.4. The summed E-state index contributed by atoms with van der Waals surface area (Å²) in [5.41, 5.74) is 10.2. The molecule has 4 heterocycles. The van der Waals surface area contributed by atoms with E-state index < -0.39 is 31.1 Å². The zero-order chi connectivity index (χ0) is 19.0. The number of hydrazone groups is 1. The minimum atomic E-state index is -1.26. The van der Waals surface area contributed by atoms with Crippen molar-refractivity contribution in [1.82, 2.24) is 19.5 Å². The van der Waals surface area contributed by atoms with Gasteiger partial charge in [0.25, 0.3) is 0 Å². The molecule has 0 aromatic carbocycles. The monoisotopic (exact) mass is 391 g/mol. The molecular formula is C15H17N7O4S. The maximum absolute atomic E-state index is 10.2. The smallest absolute Gasteiger partial charge is 0.247 e. The maximum atomic E-state index is 10.2. The van der Waals surface area contributed by atoms with E-state index in [0.717, 1.165) is 5.56 Å². The highest BCUT2D eigenvalue weighted by molar-refractivity contribution is 7.08. The van der Waals surface area contributed by atoms with Gasteiger partial charge in [0, 0.05) is 5.56 Å². The Labute approximate surface area is 156 Å². The molecule has 0 aliphatic carbocycles. The Balaban J connectivity index is 1.64. The van der Waals surface area contributed by atoms with E-state index in [1.807, 2.05) is 16.8 Å². The molecule has 27 heavy (non-hydrogen) atoms. The second kappa shape index (κ2) is 7.17. The first kappa shape index (κ1) is 17.8. The van der Waals surface area contributed by atoms with Crippen molar-refractivity contribution in [3.63, 3.8) is 0 Å². The van der Waals surface area contributed by atoms with E-state index in [1.165, 1.54) is 10.9 Å². The normalized spacial score (nSPS) is 25.6. The molecule has 3 aromatic rings. The zero-order valence-electron chi connectivity index (χ0n) is 13.9. The molecule has 1 aliphatic rings. The summed E-state index contributed by atoms with van der Waals surface area (Å²) in [6.07, 6.45) is -1.38. The number of nitrogens with zero attached hydrogens (tertiary/aromatic N) is 5. The molecule has 1 aliphatic heterocycles. The van der Waals surface area contributed by atoms with Gasteiger partial charge in [-0.2, -0.15) is 26.4 Å². The molecule has 0 bridgehead atoms. The van der Waals surface area contributed by atoms with Gasteiger partial charge >= 0.3 is 0 Å². The van der Waals surface area contributed by atoms with Gasteiger partial charge in [-0.15, -0.1) is 0 Å². The second-order valence-corrected chi connectivity index (χ2v) is 6.69. The van der Waals surface area contributed by atoms with Crippen LogP contribution in [0.2, 0.25) is 0 Å². The van der Waals surface area contributed by atoms with Crippen molar-refractivity contribution < 1.29 is 20.1 Å². The quantitative estimate of drug-likeness (QED) is 0.285. The van der Waals surface area contributed by atoms with Crippen LogP contribution in [0, 0.1) is 0 Å². The minimum Gasteiger partial charge on any atom is -0.394 e. The van der Waals surface area contributed by atoms with Crippen molar-refractivity contribution in [2.45, 2.75) is 24.5 Å². The van der Waals surface area contributed by atoms with Crippen molar-refractivity contribution in [2.75, 3.05) is 17.8 Å². The number of nitrogens with one attached hydrogen (secondary N) is 1. The summed E-state index contributed by atoms with van der Waals surface area (Å²) in [6.45, 7) is -0.428. The number of nitrogens with two attached hydrogens (primary N) is 1. The van der Waals surface area contributed by atoms with E-state index in [2.05, 4.69) is 25.5 Å². The second-order valence-electron chi connectivity index (χ2n) is 5.91. The molecule has 12 heteroatoms. The molecule has 11 nitrogen and oxygen atoms in total. The third-order valence-corrected chi connectivity index (χ3v) is 4.86. The number of imidazole rings is 1. The standard InChI is InChI=1S/C15H17N7O4S/c16-12-9-13(20-15(19-12)21-18-3-7-1-2-27-5-7)22(6-17-9)14-11(25)10(24)8(4-23)26-14/h1-3,5-6,8,10-11,14,23-25H,4H2,(H3,16,19,20,21)/t8-,10-,11-,14-/m1/s1. The van der Waals surface area contributed by atoms with Gasteiger partial charge < -0.3 is 25.8 Å². The Kier molecular flexibility index (Phi) is 4.72. The Hall–Kier alpha value is -2.64. The van der Waals surface area contributed by atoms with E-state index in [1.54, 1.807) is 17.6 Å².